The third kappa shape index (κ3) is 2.31. The lowest BCUT2D eigenvalue weighted by Gasteiger charge is -2.07. The average molecular weight is 156 g/mol. The third-order valence-corrected chi connectivity index (χ3v) is 1.68. The third-order valence-electron chi connectivity index (χ3n) is 1.68. The molecule has 1 fully saturated rings. The Bertz CT molecular complexity index is 173. The van der Waals surface area contributed by atoms with Gasteiger partial charge in [0.1, 0.15) is 0 Å². The lowest BCUT2D eigenvalue weighted by molar-refractivity contribution is -0.130. The minimum Gasteiger partial charge on any atom is -0.306 e. The van der Waals surface area contributed by atoms with E-state index in [0.717, 1.165) is 19.4 Å². The van der Waals surface area contributed by atoms with Gasteiger partial charge in [-0.15, -0.1) is 0 Å². The second-order valence-electron chi connectivity index (χ2n) is 2.69. The molecular weight excluding hydrogens is 144 g/mol. The van der Waals surface area contributed by atoms with E-state index in [0.29, 0.717) is 0 Å². The molecule has 4 nitrogen and oxygen atoms in total. The normalized spacial score (nSPS) is 23.2. The van der Waals surface area contributed by atoms with Crippen molar-refractivity contribution in [2.24, 2.45) is 0 Å². The second-order valence-corrected chi connectivity index (χ2v) is 2.69. The predicted octanol–water partition coefficient (Wildman–Crippen LogP) is -0.599. The van der Waals surface area contributed by atoms with Crippen molar-refractivity contribution in [3.63, 3.8) is 0 Å². The lowest BCUT2D eigenvalue weighted by atomic mass is 10.2. The van der Waals surface area contributed by atoms with Gasteiger partial charge in [-0.1, -0.05) is 0 Å². The largest absolute Gasteiger partial charge is 0.306 e. The van der Waals surface area contributed by atoms with Crippen molar-refractivity contribution >= 4 is 11.8 Å². The Labute approximate surface area is 65.3 Å². The van der Waals surface area contributed by atoms with E-state index in [4.69, 9.17) is 0 Å². The number of hydrogen-bond donors (Lipinski definition) is 2. The topological polar surface area (TPSA) is 58.2 Å². The molecular formula is C7H12N2O2. The molecule has 4 heteroatoms. The summed E-state index contributed by atoms with van der Waals surface area (Å²) in [5, 5.41) is 5.24. The number of nitrogens with one attached hydrogen (secondary N) is 2. The Kier molecular flexibility index (Phi) is 2.59. The summed E-state index contributed by atoms with van der Waals surface area (Å²) in [5.41, 5.74) is 0. The van der Waals surface area contributed by atoms with Crippen LogP contribution in [0.25, 0.3) is 0 Å². The van der Waals surface area contributed by atoms with Gasteiger partial charge in [0.05, 0.1) is 6.04 Å². The molecule has 62 valence electrons. The number of hydrogen-bond acceptors (Lipinski definition) is 3. The van der Waals surface area contributed by atoms with Crippen LogP contribution < -0.4 is 10.6 Å². The molecule has 1 heterocycles. The van der Waals surface area contributed by atoms with Crippen molar-refractivity contribution in [1.82, 2.24) is 10.6 Å². The van der Waals surface area contributed by atoms with Gasteiger partial charge in [0.15, 0.2) is 0 Å². The minimum atomic E-state index is -0.288. The van der Waals surface area contributed by atoms with E-state index in [1.165, 1.54) is 6.92 Å². The van der Waals surface area contributed by atoms with Crippen LogP contribution in [0.3, 0.4) is 0 Å². The van der Waals surface area contributed by atoms with Crippen molar-refractivity contribution in [2.45, 2.75) is 25.8 Å². The maximum absolute atomic E-state index is 11.1. The van der Waals surface area contributed by atoms with E-state index < -0.39 is 0 Å². The zero-order valence-electron chi connectivity index (χ0n) is 6.52. The van der Waals surface area contributed by atoms with E-state index >= 15 is 0 Å². The van der Waals surface area contributed by atoms with E-state index in [2.05, 4.69) is 10.6 Å². The first kappa shape index (κ1) is 8.20. The highest BCUT2D eigenvalue weighted by atomic mass is 16.2. The van der Waals surface area contributed by atoms with Gasteiger partial charge < -0.3 is 5.32 Å². The molecule has 0 radical (unpaired) electrons. The molecule has 0 aromatic rings. The monoisotopic (exact) mass is 156 g/mol. The summed E-state index contributed by atoms with van der Waals surface area (Å²) in [6, 6.07) is -0.154. The molecule has 1 aliphatic rings. The summed E-state index contributed by atoms with van der Waals surface area (Å²) in [4.78, 5) is 21.5. The molecule has 0 spiro atoms. The molecule has 0 bridgehead atoms. The fraction of sp³-hybridized carbons (Fsp3) is 0.714. The number of carbonyl (C=O) groups is 2. The summed E-state index contributed by atoms with van der Waals surface area (Å²) in [5.74, 6) is -0.487. The van der Waals surface area contributed by atoms with Crippen molar-refractivity contribution < 1.29 is 9.59 Å². The molecule has 1 rings (SSSR count). The Morgan fingerprint density at radius 3 is 2.73 bits per heavy atom. The highest BCUT2D eigenvalue weighted by Crippen LogP contribution is 2.03. The summed E-state index contributed by atoms with van der Waals surface area (Å²) in [6.07, 6.45) is 1.84. The standard InChI is InChI=1S/C7H12N2O2/c1-5(10)9-7(11)6-3-2-4-8-6/h6,8H,2-4H2,1H3,(H,9,10,11). The molecule has 1 aliphatic heterocycles. The molecule has 0 aromatic heterocycles. The summed E-state index contributed by atoms with van der Waals surface area (Å²) >= 11 is 0. The number of imide groups is 1. The predicted molar refractivity (Wildman–Crippen MR) is 39.8 cm³/mol. The number of carbonyl (C=O) groups excluding carboxylic acids is 2. The summed E-state index contributed by atoms with van der Waals surface area (Å²) < 4.78 is 0. The smallest absolute Gasteiger partial charge is 0.243 e. The first-order chi connectivity index (χ1) is 5.20. The fourth-order valence-electron chi connectivity index (χ4n) is 1.17. The average Bonchev–Trinajstić information content (AvgIpc) is 2.35. The summed E-state index contributed by atoms with van der Waals surface area (Å²) in [6.45, 7) is 2.21. The summed E-state index contributed by atoms with van der Waals surface area (Å²) in [7, 11) is 0. The van der Waals surface area contributed by atoms with Gasteiger partial charge in [0.2, 0.25) is 11.8 Å². The van der Waals surface area contributed by atoms with Gasteiger partial charge in [0.25, 0.3) is 0 Å². The Morgan fingerprint density at radius 1 is 1.55 bits per heavy atom. The van der Waals surface area contributed by atoms with Crippen molar-refractivity contribution in [2.75, 3.05) is 6.54 Å². The molecule has 11 heavy (non-hydrogen) atoms. The minimum absolute atomic E-state index is 0.154. The Balaban J connectivity index is 2.34. The lowest BCUT2D eigenvalue weighted by Crippen LogP contribution is -2.42. The second kappa shape index (κ2) is 3.48. The van der Waals surface area contributed by atoms with Gasteiger partial charge in [-0.25, -0.2) is 0 Å². The maximum atomic E-state index is 11.1. The van der Waals surface area contributed by atoms with E-state index in [1.54, 1.807) is 0 Å². The molecule has 1 atom stereocenters. The zero-order valence-corrected chi connectivity index (χ0v) is 6.52. The quantitative estimate of drug-likeness (QED) is 0.533. The highest BCUT2D eigenvalue weighted by molar-refractivity contribution is 5.96. The van der Waals surface area contributed by atoms with Crippen molar-refractivity contribution in [1.29, 1.82) is 0 Å². The Hall–Kier alpha value is -0.900. The van der Waals surface area contributed by atoms with Crippen LogP contribution in [0.15, 0.2) is 0 Å². The van der Waals surface area contributed by atoms with Crippen LogP contribution in [0.5, 0.6) is 0 Å². The van der Waals surface area contributed by atoms with Gasteiger partial charge in [-0.05, 0) is 19.4 Å². The van der Waals surface area contributed by atoms with Crippen LogP contribution in [0.4, 0.5) is 0 Å². The van der Waals surface area contributed by atoms with E-state index in [1.807, 2.05) is 0 Å². The van der Waals surface area contributed by atoms with Crippen LogP contribution in [-0.2, 0) is 9.59 Å². The van der Waals surface area contributed by atoms with Gasteiger partial charge in [-0.2, -0.15) is 0 Å². The first-order valence-corrected chi connectivity index (χ1v) is 3.75. The van der Waals surface area contributed by atoms with Gasteiger partial charge >= 0.3 is 0 Å². The van der Waals surface area contributed by atoms with Crippen molar-refractivity contribution in [3.05, 3.63) is 0 Å². The number of amides is 2. The molecule has 2 amide bonds. The van der Waals surface area contributed by atoms with Crippen LogP contribution >= 0.6 is 0 Å². The molecule has 1 saturated heterocycles. The Morgan fingerprint density at radius 2 is 2.27 bits per heavy atom. The zero-order chi connectivity index (χ0) is 8.27. The van der Waals surface area contributed by atoms with E-state index in [9.17, 15) is 9.59 Å². The van der Waals surface area contributed by atoms with Crippen LogP contribution in [0.1, 0.15) is 19.8 Å². The number of rotatable bonds is 1. The SMILES string of the molecule is CC(=O)NC(=O)C1CCCN1. The molecule has 2 N–H and O–H groups in total. The first-order valence-electron chi connectivity index (χ1n) is 3.75. The van der Waals surface area contributed by atoms with E-state index in [-0.39, 0.29) is 17.9 Å². The molecule has 0 saturated carbocycles. The molecule has 0 aliphatic carbocycles. The molecule has 1 unspecified atom stereocenters. The maximum Gasteiger partial charge on any atom is 0.243 e. The van der Waals surface area contributed by atoms with Crippen LogP contribution in [0.2, 0.25) is 0 Å². The van der Waals surface area contributed by atoms with Gasteiger partial charge in [-0.3, -0.25) is 14.9 Å². The van der Waals surface area contributed by atoms with Crippen LogP contribution in [0, 0.1) is 0 Å². The van der Waals surface area contributed by atoms with Crippen molar-refractivity contribution in [3.8, 4) is 0 Å². The fourth-order valence-corrected chi connectivity index (χ4v) is 1.17. The van der Waals surface area contributed by atoms with Gasteiger partial charge in [0, 0.05) is 6.92 Å². The highest BCUT2D eigenvalue weighted by Gasteiger charge is 2.22. The molecule has 0 aromatic carbocycles. The van der Waals surface area contributed by atoms with Crippen LogP contribution in [-0.4, -0.2) is 24.4 Å².